The van der Waals surface area contributed by atoms with Crippen LogP contribution in [0.2, 0.25) is 0 Å². The monoisotopic (exact) mass is 550 g/mol. The van der Waals surface area contributed by atoms with Gasteiger partial charge in [-0.2, -0.15) is 5.10 Å². The number of esters is 1. The number of methoxy groups -OCH3 is 1. The molecule has 206 valence electrons. The van der Waals surface area contributed by atoms with Crippen molar-refractivity contribution in [2.24, 2.45) is 5.10 Å². The van der Waals surface area contributed by atoms with Crippen molar-refractivity contribution in [2.75, 3.05) is 17.7 Å². The number of carbonyl (C=O) groups excluding carboxylic acids is 4. The zero-order valence-electron chi connectivity index (χ0n) is 22.2. The van der Waals surface area contributed by atoms with Crippen LogP contribution in [-0.2, 0) is 9.59 Å². The molecular weight excluding hydrogens is 524 g/mol. The van der Waals surface area contributed by atoms with Gasteiger partial charge in [-0.05, 0) is 85.3 Å². The molecule has 0 atom stereocenters. The maximum Gasteiger partial charge on any atom is 0.343 e. The first kappa shape index (κ1) is 28.2. The smallest absolute Gasteiger partial charge is 0.343 e. The predicted octanol–water partition coefficient (Wildman–Crippen LogP) is 4.56. The lowest BCUT2D eigenvalue weighted by atomic mass is 10.1. The number of hydrogen-bond acceptors (Lipinski definition) is 7. The van der Waals surface area contributed by atoms with Gasteiger partial charge in [-0.1, -0.05) is 29.8 Å². The molecule has 0 radical (unpaired) electrons. The summed E-state index contributed by atoms with van der Waals surface area (Å²) in [6, 6.07) is 26.5. The number of ether oxygens (including phenoxy) is 2. The van der Waals surface area contributed by atoms with Gasteiger partial charge in [0.15, 0.2) is 0 Å². The lowest BCUT2D eigenvalue weighted by Crippen LogP contribution is -2.33. The molecule has 3 amide bonds. The highest BCUT2D eigenvalue weighted by Crippen LogP contribution is 2.18. The van der Waals surface area contributed by atoms with Gasteiger partial charge in [0.1, 0.15) is 11.5 Å². The molecule has 3 N–H and O–H groups in total. The fraction of sp³-hybridized carbons (Fsp3) is 0.0645. The zero-order chi connectivity index (χ0) is 29.2. The van der Waals surface area contributed by atoms with Gasteiger partial charge in [0, 0.05) is 5.69 Å². The number of anilines is 2. The minimum Gasteiger partial charge on any atom is -0.497 e. The first-order valence-electron chi connectivity index (χ1n) is 12.4. The fourth-order valence-electron chi connectivity index (χ4n) is 3.54. The highest BCUT2D eigenvalue weighted by atomic mass is 16.5. The maximum atomic E-state index is 12.8. The molecule has 0 aliphatic carbocycles. The van der Waals surface area contributed by atoms with E-state index in [4.69, 9.17) is 9.47 Å². The van der Waals surface area contributed by atoms with Gasteiger partial charge in [-0.25, -0.2) is 10.2 Å². The Hall–Kier alpha value is -5.77. The number of benzene rings is 4. The molecule has 0 spiro atoms. The molecule has 10 nitrogen and oxygen atoms in total. The molecule has 0 aromatic heterocycles. The van der Waals surface area contributed by atoms with E-state index in [-0.39, 0.29) is 11.3 Å². The Labute approximate surface area is 236 Å². The average molecular weight is 551 g/mol. The third-order valence-electron chi connectivity index (χ3n) is 5.73. The van der Waals surface area contributed by atoms with E-state index < -0.39 is 23.7 Å². The van der Waals surface area contributed by atoms with Gasteiger partial charge >= 0.3 is 17.8 Å². The van der Waals surface area contributed by atoms with Gasteiger partial charge < -0.3 is 20.1 Å². The lowest BCUT2D eigenvalue weighted by Gasteiger charge is -2.11. The molecule has 0 saturated heterocycles. The van der Waals surface area contributed by atoms with Crippen molar-refractivity contribution >= 4 is 41.3 Å². The van der Waals surface area contributed by atoms with Gasteiger partial charge in [0.25, 0.3) is 5.91 Å². The van der Waals surface area contributed by atoms with Crippen molar-refractivity contribution in [3.05, 3.63) is 119 Å². The summed E-state index contributed by atoms with van der Waals surface area (Å²) in [6.45, 7) is 1.94. The van der Waals surface area contributed by atoms with Crippen LogP contribution >= 0.6 is 0 Å². The summed E-state index contributed by atoms with van der Waals surface area (Å²) < 4.78 is 10.4. The second-order valence-electron chi connectivity index (χ2n) is 8.71. The summed E-state index contributed by atoms with van der Waals surface area (Å²) >= 11 is 0. The zero-order valence-corrected chi connectivity index (χ0v) is 22.2. The Morgan fingerprint density at radius 3 is 2.07 bits per heavy atom. The summed E-state index contributed by atoms with van der Waals surface area (Å²) in [5, 5.41) is 9.00. The molecule has 41 heavy (non-hydrogen) atoms. The highest BCUT2D eigenvalue weighted by molar-refractivity contribution is 6.40. The van der Waals surface area contributed by atoms with Gasteiger partial charge in [-0.3, -0.25) is 14.4 Å². The Balaban J connectivity index is 1.29. The summed E-state index contributed by atoms with van der Waals surface area (Å²) in [5.74, 6) is -2.06. The quantitative estimate of drug-likeness (QED) is 0.0968. The van der Waals surface area contributed by atoms with Crippen LogP contribution in [-0.4, -0.2) is 37.0 Å². The third kappa shape index (κ3) is 7.87. The molecule has 0 heterocycles. The summed E-state index contributed by atoms with van der Waals surface area (Å²) in [6.07, 6.45) is 1.32. The van der Waals surface area contributed by atoms with E-state index in [1.54, 1.807) is 72.8 Å². The SMILES string of the molecule is COc1ccc(C(=O)Oc2ccc(/C=N/NC(=O)C(=O)Nc3ccccc3C(=O)Nc3ccc(C)cc3)cc2)cc1. The Morgan fingerprint density at radius 1 is 0.732 bits per heavy atom. The minimum atomic E-state index is -1.03. The summed E-state index contributed by atoms with van der Waals surface area (Å²) in [5.41, 5.74) is 5.09. The third-order valence-corrected chi connectivity index (χ3v) is 5.73. The van der Waals surface area contributed by atoms with Crippen LogP contribution in [0.5, 0.6) is 11.5 Å². The number of hydrogen-bond donors (Lipinski definition) is 3. The molecule has 4 aromatic carbocycles. The van der Waals surface area contributed by atoms with E-state index in [2.05, 4.69) is 21.2 Å². The maximum absolute atomic E-state index is 12.8. The van der Waals surface area contributed by atoms with Crippen LogP contribution in [0.4, 0.5) is 11.4 Å². The van der Waals surface area contributed by atoms with Gasteiger partial charge in [0.05, 0.1) is 30.1 Å². The largest absolute Gasteiger partial charge is 0.497 e. The molecule has 0 saturated carbocycles. The molecule has 4 aromatic rings. The second-order valence-corrected chi connectivity index (χ2v) is 8.71. The molecule has 0 fully saturated rings. The Bertz CT molecular complexity index is 1580. The fourth-order valence-corrected chi connectivity index (χ4v) is 3.54. The molecule has 0 bridgehead atoms. The predicted molar refractivity (Wildman–Crippen MR) is 154 cm³/mol. The summed E-state index contributed by atoms with van der Waals surface area (Å²) in [4.78, 5) is 49.8. The number of nitrogens with one attached hydrogen (secondary N) is 3. The summed E-state index contributed by atoms with van der Waals surface area (Å²) in [7, 11) is 1.54. The van der Waals surface area contributed by atoms with Crippen molar-refractivity contribution in [3.8, 4) is 11.5 Å². The molecule has 0 aliphatic rings. The number of para-hydroxylation sites is 1. The number of aryl methyl sites for hydroxylation is 1. The first-order valence-corrected chi connectivity index (χ1v) is 12.4. The number of hydrazone groups is 1. The van der Waals surface area contributed by atoms with Crippen LogP contribution in [0.3, 0.4) is 0 Å². The van der Waals surface area contributed by atoms with E-state index >= 15 is 0 Å². The Kier molecular flexibility index (Phi) is 9.19. The van der Waals surface area contributed by atoms with Crippen molar-refractivity contribution < 1.29 is 28.7 Å². The van der Waals surface area contributed by atoms with E-state index in [1.165, 1.54) is 25.5 Å². The van der Waals surface area contributed by atoms with Crippen molar-refractivity contribution in [1.29, 1.82) is 0 Å². The van der Waals surface area contributed by atoms with E-state index in [0.29, 0.717) is 28.3 Å². The highest BCUT2D eigenvalue weighted by Gasteiger charge is 2.18. The molecule has 4 rings (SSSR count). The first-order chi connectivity index (χ1) is 19.8. The topological polar surface area (TPSA) is 135 Å². The van der Waals surface area contributed by atoms with Crippen LogP contribution in [0.15, 0.2) is 102 Å². The number of carbonyl (C=O) groups is 4. The van der Waals surface area contributed by atoms with Crippen molar-refractivity contribution in [1.82, 2.24) is 5.43 Å². The van der Waals surface area contributed by atoms with Crippen molar-refractivity contribution in [3.63, 3.8) is 0 Å². The number of rotatable bonds is 8. The normalized spacial score (nSPS) is 10.5. The second kappa shape index (κ2) is 13.3. The van der Waals surface area contributed by atoms with Crippen LogP contribution < -0.4 is 25.5 Å². The van der Waals surface area contributed by atoms with E-state index in [1.807, 2.05) is 19.1 Å². The van der Waals surface area contributed by atoms with E-state index in [9.17, 15) is 19.2 Å². The van der Waals surface area contributed by atoms with Crippen LogP contribution in [0, 0.1) is 6.92 Å². The molecular formula is C31H26N4O6. The standard InChI is InChI=1S/C31H26N4O6/c1-20-7-13-23(14-8-20)33-28(36)26-5-3-4-6-27(26)34-29(37)30(38)35-32-19-21-9-15-25(16-10-21)41-31(39)22-11-17-24(40-2)18-12-22/h3-19H,1-2H3,(H,33,36)(H,34,37)(H,35,38)/b32-19+. The van der Waals surface area contributed by atoms with E-state index in [0.717, 1.165) is 5.56 Å². The lowest BCUT2D eigenvalue weighted by molar-refractivity contribution is -0.136. The molecule has 10 heteroatoms. The van der Waals surface area contributed by atoms with Gasteiger partial charge in [-0.15, -0.1) is 0 Å². The Morgan fingerprint density at radius 2 is 1.39 bits per heavy atom. The molecule has 0 aliphatic heterocycles. The number of nitrogens with zero attached hydrogens (tertiary/aromatic N) is 1. The van der Waals surface area contributed by atoms with Crippen LogP contribution in [0.1, 0.15) is 31.8 Å². The van der Waals surface area contributed by atoms with Crippen molar-refractivity contribution in [2.45, 2.75) is 6.92 Å². The van der Waals surface area contributed by atoms with Crippen LogP contribution in [0.25, 0.3) is 0 Å². The number of amides is 3. The average Bonchev–Trinajstić information content (AvgIpc) is 2.99. The molecule has 0 unspecified atom stereocenters. The van der Waals surface area contributed by atoms with Gasteiger partial charge in [0.2, 0.25) is 0 Å². The minimum absolute atomic E-state index is 0.168.